The minimum absolute atomic E-state index is 0.110. The minimum Gasteiger partial charge on any atom is -0.481 e. The molecule has 0 aromatic heterocycles. The predicted molar refractivity (Wildman–Crippen MR) is 92.6 cm³/mol. The van der Waals surface area contributed by atoms with E-state index in [-0.39, 0.29) is 37.4 Å². The maximum absolute atomic E-state index is 12.3. The number of rotatable bonds is 8. The van der Waals surface area contributed by atoms with Crippen molar-refractivity contribution in [2.24, 2.45) is 5.92 Å². The predicted octanol–water partition coefficient (Wildman–Crippen LogP) is 2.28. The highest BCUT2D eigenvalue weighted by Gasteiger charge is 2.34. The van der Waals surface area contributed by atoms with Gasteiger partial charge in [-0.25, -0.2) is 0 Å². The molecule has 0 spiro atoms. The van der Waals surface area contributed by atoms with Crippen LogP contribution in [0.5, 0.6) is 0 Å². The molecular formula is C17H21BrN2O4. The van der Waals surface area contributed by atoms with Gasteiger partial charge in [0.25, 0.3) is 5.91 Å². The number of halogens is 1. The maximum atomic E-state index is 12.3. The van der Waals surface area contributed by atoms with Crippen LogP contribution in [0.2, 0.25) is 0 Å². The van der Waals surface area contributed by atoms with Crippen molar-refractivity contribution in [3.05, 3.63) is 34.3 Å². The van der Waals surface area contributed by atoms with Gasteiger partial charge in [-0.2, -0.15) is 0 Å². The van der Waals surface area contributed by atoms with E-state index < -0.39 is 11.9 Å². The molecule has 2 rings (SSSR count). The highest BCUT2D eigenvalue weighted by Crippen LogP contribution is 2.28. The summed E-state index contributed by atoms with van der Waals surface area (Å²) in [7, 11) is 0. The Hall–Kier alpha value is -1.89. The summed E-state index contributed by atoms with van der Waals surface area (Å²) in [5, 5.41) is 11.7. The molecule has 1 unspecified atom stereocenters. The van der Waals surface area contributed by atoms with E-state index in [1.54, 1.807) is 36.1 Å². The number of benzene rings is 1. The van der Waals surface area contributed by atoms with Crippen LogP contribution in [0, 0.1) is 5.92 Å². The molecule has 1 saturated carbocycles. The number of hydrogen-bond donors (Lipinski definition) is 2. The Kier molecular flexibility index (Phi) is 6.36. The number of carboxylic acid groups (broad SMARTS) is 1. The number of carbonyl (C=O) groups is 3. The van der Waals surface area contributed by atoms with Gasteiger partial charge in [0.05, 0.1) is 5.92 Å². The number of aliphatic carboxylic acids is 1. The zero-order valence-corrected chi connectivity index (χ0v) is 15.1. The van der Waals surface area contributed by atoms with Gasteiger partial charge in [0.1, 0.15) is 0 Å². The number of carbonyl (C=O) groups excluding carboxylic acids is 2. The molecule has 7 heteroatoms. The molecule has 1 aromatic rings. The van der Waals surface area contributed by atoms with Crippen molar-refractivity contribution < 1.29 is 19.5 Å². The van der Waals surface area contributed by atoms with E-state index in [4.69, 9.17) is 5.11 Å². The van der Waals surface area contributed by atoms with Gasteiger partial charge in [0, 0.05) is 35.6 Å². The molecule has 130 valence electrons. The van der Waals surface area contributed by atoms with E-state index in [0.717, 1.165) is 17.3 Å². The van der Waals surface area contributed by atoms with Gasteiger partial charge in [-0.1, -0.05) is 22.9 Å². The van der Waals surface area contributed by atoms with E-state index in [1.807, 2.05) is 0 Å². The maximum Gasteiger partial charge on any atom is 0.308 e. The standard InChI is InChI=1S/C17H21BrN2O4/c1-11(17(23)24)10-20(14-6-7-14)15(21)8-9-19-16(22)12-2-4-13(18)5-3-12/h2-5,11,14H,6-10H2,1H3,(H,19,22)(H,23,24). The molecule has 2 amide bonds. The highest BCUT2D eigenvalue weighted by molar-refractivity contribution is 9.10. The topological polar surface area (TPSA) is 86.7 Å². The third kappa shape index (κ3) is 5.33. The number of nitrogens with zero attached hydrogens (tertiary/aromatic N) is 1. The second-order valence-electron chi connectivity index (χ2n) is 6.03. The molecule has 1 fully saturated rings. The van der Waals surface area contributed by atoms with Crippen LogP contribution < -0.4 is 5.32 Å². The summed E-state index contributed by atoms with van der Waals surface area (Å²) < 4.78 is 0.891. The fourth-order valence-electron chi connectivity index (χ4n) is 2.34. The lowest BCUT2D eigenvalue weighted by molar-refractivity contribution is -0.143. The van der Waals surface area contributed by atoms with Gasteiger partial charge in [0.15, 0.2) is 0 Å². The first-order valence-electron chi connectivity index (χ1n) is 7.94. The first-order valence-corrected chi connectivity index (χ1v) is 8.74. The quantitative estimate of drug-likeness (QED) is 0.705. The Labute approximate surface area is 149 Å². The molecular weight excluding hydrogens is 376 g/mol. The lowest BCUT2D eigenvalue weighted by Gasteiger charge is -2.24. The van der Waals surface area contributed by atoms with Gasteiger partial charge in [-0.05, 0) is 37.1 Å². The van der Waals surface area contributed by atoms with E-state index >= 15 is 0 Å². The van der Waals surface area contributed by atoms with Crippen molar-refractivity contribution in [3.8, 4) is 0 Å². The van der Waals surface area contributed by atoms with Crippen molar-refractivity contribution in [3.63, 3.8) is 0 Å². The Morgan fingerprint density at radius 1 is 1.29 bits per heavy atom. The smallest absolute Gasteiger partial charge is 0.308 e. The molecule has 0 radical (unpaired) electrons. The second-order valence-corrected chi connectivity index (χ2v) is 6.95. The second kappa shape index (κ2) is 8.28. The summed E-state index contributed by atoms with van der Waals surface area (Å²) in [4.78, 5) is 36.9. The number of carboxylic acids is 1. The number of nitrogens with one attached hydrogen (secondary N) is 1. The molecule has 1 aliphatic rings. The Balaban J connectivity index is 1.81. The van der Waals surface area contributed by atoms with Crippen molar-refractivity contribution in [1.29, 1.82) is 0 Å². The van der Waals surface area contributed by atoms with Crippen LogP contribution in [0.4, 0.5) is 0 Å². The Morgan fingerprint density at radius 3 is 2.46 bits per heavy atom. The molecule has 0 bridgehead atoms. The van der Waals surface area contributed by atoms with Crippen molar-refractivity contribution in [2.75, 3.05) is 13.1 Å². The molecule has 0 saturated heterocycles. The van der Waals surface area contributed by atoms with Gasteiger partial charge in [-0.15, -0.1) is 0 Å². The molecule has 1 aromatic carbocycles. The summed E-state index contributed by atoms with van der Waals surface area (Å²) in [6.45, 7) is 2.05. The van der Waals surface area contributed by atoms with Crippen molar-refractivity contribution in [1.82, 2.24) is 10.2 Å². The van der Waals surface area contributed by atoms with Crippen molar-refractivity contribution >= 4 is 33.7 Å². The molecule has 24 heavy (non-hydrogen) atoms. The highest BCUT2D eigenvalue weighted by atomic mass is 79.9. The molecule has 0 heterocycles. The molecule has 0 aliphatic heterocycles. The van der Waals surface area contributed by atoms with E-state index in [9.17, 15) is 14.4 Å². The number of hydrogen-bond acceptors (Lipinski definition) is 3. The lowest BCUT2D eigenvalue weighted by atomic mass is 10.1. The van der Waals surface area contributed by atoms with Gasteiger partial charge < -0.3 is 15.3 Å². The van der Waals surface area contributed by atoms with Crippen LogP contribution >= 0.6 is 15.9 Å². The molecule has 6 nitrogen and oxygen atoms in total. The van der Waals surface area contributed by atoms with Crippen LogP contribution in [0.15, 0.2) is 28.7 Å². The third-order valence-corrected chi connectivity index (χ3v) is 4.46. The van der Waals surface area contributed by atoms with E-state index in [1.165, 1.54) is 0 Å². The monoisotopic (exact) mass is 396 g/mol. The molecule has 1 atom stereocenters. The van der Waals surface area contributed by atoms with Crippen LogP contribution in [0.3, 0.4) is 0 Å². The summed E-state index contributed by atoms with van der Waals surface area (Å²) in [5.41, 5.74) is 0.532. The zero-order valence-electron chi connectivity index (χ0n) is 13.5. The van der Waals surface area contributed by atoms with Crippen LogP contribution in [0.1, 0.15) is 36.5 Å². The average molecular weight is 397 g/mol. The normalized spacial score (nSPS) is 14.8. The Bertz CT molecular complexity index is 614. The average Bonchev–Trinajstić information content (AvgIpc) is 3.37. The fourth-order valence-corrected chi connectivity index (χ4v) is 2.61. The van der Waals surface area contributed by atoms with Gasteiger partial charge >= 0.3 is 5.97 Å². The van der Waals surface area contributed by atoms with Crippen LogP contribution in [0.25, 0.3) is 0 Å². The van der Waals surface area contributed by atoms with Gasteiger partial charge in [0.2, 0.25) is 5.91 Å². The first-order chi connectivity index (χ1) is 11.4. The fraction of sp³-hybridized carbons (Fsp3) is 0.471. The number of amides is 2. The SMILES string of the molecule is CC(CN(C(=O)CCNC(=O)c1ccc(Br)cc1)C1CC1)C(=O)O. The van der Waals surface area contributed by atoms with Crippen LogP contribution in [-0.4, -0.2) is 46.9 Å². The van der Waals surface area contributed by atoms with Crippen molar-refractivity contribution in [2.45, 2.75) is 32.2 Å². The summed E-state index contributed by atoms with van der Waals surface area (Å²) in [6, 6.07) is 7.12. The summed E-state index contributed by atoms with van der Waals surface area (Å²) in [6.07, 6.45) is 2.01. The summed E-state index contributed by atoms with van der Waals surface area (Å²) in [5.74, 6) is -1.84. The third-order valence-electron chi connectivity index (χ3n) is 3.93. The van der Waals surface area contributed by atoms with Crippen LogP contribution in [-0.2, 0) is 9.59 Å². The van der Waals surface area contributed by atoms with E-state index in [0.29, 0.717) is 5.56 Å². The molecule has 2 N–H and O–H groups in total. The first kappa shape index (κ1) is 18.4. The molecule has 1 aliphatic carbocycles. The van der Waals surface area contributed by atoms with E-state index in [2.05, 4.69) is 21.2 Å². The summed E-state index contributed by atoms with van der Waals surface area (Å²) >= 11 is 3.31. The Morgan fingerprint density at radius 2 is 1.92 bits per heavy atom. The lowest BCUT2D eigenvalue weighted by Crippen LogP contribution is -2.40. The zero-order chi connectivity index (χ0) is 17.7. The minimum atomic E-state index is -0.906. The van der Waals surface area contributed by atoms with Gasteiger partial charge in [-0.3, -0.25) is 14.4 Å². The largest absolute Gasteiger partial charge is 0.481 e.